The summed E-state index contributed by atoms with van der Waals surface area (Å²) >= 11 is 0. The van der Waals surface area contributed by atoms with E-state index in [-0.39, 0.29) is 18.4 Å². The normalized spacial score (nSPS) is 24.5. The highest BCUT2D eigenvalue weighted by Gasteiger charge is 2.36. The van der Waals surface area contributed by atoms with Crippen LogP contribution in [-0.4, -0.2) is 66.8 Å². The van der Waals surface area contributed by atoms with Gasteiger partial charge in [0.1, 0.15) is 5.75 Å². The molecule has 0 saturated carbocycles. The molecule has 1 amide bonds. The number of piperidine rings is 1. The fraction of sp³-hybridized carbons (Fsp3) is 0.650. The van der Waals surface area contributed by atoms with E-state index < -0.39 is 0 Å². The number of carbonyl (C=O) groups excluding carboxylic acids is 1. The van der Waals surface area contributed by atoms with Gasteiger partial charge in [0.05, 0.1) is 6.61 Å². The van der Waals surface area contributed by atoms with Crippen molar-refractivity contribution in [3.05, 3.63) is 29.8 Å². The first-order valence-corrected chi connectivity index (χ1v) is 9.56. The highest BCUT2D eigenvalue weighted by molar-refractivity contribution is 5.94. The molecule has 0 aliphatic carbocycles. The van der Waals surface area contributed by atoms with E-state index in [0.29, 0.717) is 24.6 Å². The highest BCUT2D eigenvalue weighted by Crippen LogP contribution is 2.27. The number of hydrogen-bond acceptors (Lipinski definition) is 4. The minimum Gasteiger partial charge on any atom is -0.494 e. The number of ether oxygens (including phenoxy) is 1. The summed E-state index contributed by atoms with van der Waals surface area (Å²) < 4.78 is 5.51. The Morgan fingerprint density at radius 1 is 1.20 bits per heavy atom. The Balaban J connectivity index is 1.64. The van der Waals surface area contributed by atoms with E-state index in [0.717, 1.165) is 31.9 Å². The van der Waals surface area contributed by atoms with Crippen LogP contribution in [0.25, 0.3) is 0 Å². The molecule has 2 fully saturated rings. The number of amides is 1. The van der Waals surface area contributed by atoms with Crippen LogP contribution >= 0.6 is 0 Å². The Morgan fingerprint density at radius 3 is 2.68 bits per heavy atom. The van der Waals surface area contributed by atoms with E-state index >= 15 is 0 Å². The molecule has 138 valence electrons. The minimum absolute atomic E-state index is 0.0427. The average Bonchev–Trinajstić information content (AvgIpc) is 3.05. The van der Waals surface area contributed by atoms with Crippen LogP contribution in [0.15, 0.2) is 24.3 Å². The standard InChI is InChI=1S/C20H30N2O3/c1-2-25-19-8-6-7-16(11-19)20(24)22-13-17(18(14-22)15-23)12-21-9-4-3-5-10-21/h6-8,11,17-18,23H,2-5,9-10,12-15H2,1H3/t17-,18-/m1/s1. The quantitative estimate of drug-likeness (QED) is 0.858. The number of aliphatic hydroxyl groups is 1. The van der Waals surface area contributed by atoms with E-state index in [1.54, 1.807) is 0 Å². The van der Waals surface area contributed by atoms with Gasteiger partial charge in [-0.05, 0) is 57.0 Å². The third kappa shape index (κ3) is 4.53. The van der Waals surface area contributed by atoms with Gasteiger partial charge in [0.25, 0.3) is 5.91 Å². The smallest absolute Gasteiger partial charge is 0.254 e. The van der Waals surface area contributed by atoms with Gasteiger partial charge >= 0.3 is 0 Å². The summed E-state index contributed by atoms with van der Waals surface area (Å²) in [6, 6.07) is 7.40. The molecule has 5 heteroatoms. The van der Waals surface area contributed by atoms with Crippen LogP contribution in [0.1, 0.15) is 36.5 Å². The van der Waals surface area contributed by atoms with Crippen molar-refractivity contribution in [2.75, 3.05) is 45.9 Å². The fourth-order valence-electron chi connectivity index (χ4n) is 4.06. The predicted molar refractivity (Wildman–Crippen MR) is 97.9 cm³/mol. The first-order valence-electron chi connectivity index (χ1n) is 9.56. The van der Waals surface area contributed by atoms with Crippen LogP contribution in [0.2, 0.25) is 0 Å². The summed E-state index contributed by atoms with van der Waals surface area (Å²) in [6.45, 7) is 7.36. The molecule has 25 heavy (non-hydrogen) atoms. The minimum atomic E-state index is 0.0427. The molecule has 3 rings (SSSR count). The molecule has 2 atom stereocenters. The lowest BCUT2D eigenvalue weighted by Crippen LogP contribution is -2.37. The van der Waals surface area contributed by atoms with Crippen molar-refractivity contribution in [3.8, 4) is 5.75 Å². The lowest BCUT2D eigenvalue weighted by Gasteiger charge is -2.30. The van der Waals surface area contributed by atoms with Gasteiger partial charge in [0.15, 0.2) is 0 Å². The Bertz CT molecular complexity index is 572. The van der Waals surface area contributed by atoms with Gasteiger partial charge in [0.2, 0.25) is 0 Å². The zero-order valence-corrected chi connectivity index (χ0v) is 15.2. The number of likely N-dealkylation sites (tertiary alicyclic amines) is 2. The molecule has 0 radical (unpaired) electrons. The summed E-state index contributed by atoms with van der Waals surface area (Å²) in [6.07, 6.45) is 3.86. The molecular weight excluding hydrogens is 316 g/mol. The van der Waals surface area contributed by atoms with E-state index in [4.69, 9.17) is 4.74 Å². The van der Waals surface area contributed by atoms with E-state index in [2.05, 4.69) is 4.90 Å². The Hall–Kier alpha value is -1.59. The van der Waals surface area contributed by atoms with Crippen LogP contribution in [0.3, 0.4) is 0 Å². The van der Waals surface area contributed by atoms with Gasteiger partial charge in [-0.3, -0.25) is 4.79 Å². The molecule has 2 saturated heterocycles. The monoisotopic (exact) mass is 346 g/mol. The molecule has 2 aliphatic rings. The second-order valence-corrected chi connectivity index (χ2v) is 7.23. The largest absolute Gasteiger partial charge is 0.494 e. The number of aliphatic hydroxyl groups excluding tert-OH is 1. The zero-order valence-electron chi connectivity index (χ0n) is 15.2. The first kappa shape index (κ1) is 18.2. The van der Waals surface area contributed by atoms with Crippen molar-refractivity contribution in [3.63, 3.8) is 0 Å². The van der Waals surface area contributed by atoms with Crippen molar-refractivity contribution in [1.29, 1.82) is 0 Å². The second kappa shape index (κ2) is 8.68. The molecule has 0 unspecified atom stereocenters. The van der Waals surface area contributed by atoms with Crippen LogP contribution in [0.4, 0.5) is 0 Å². The summed E-state index contributed by atoms with van der Waals surface area (Å²) in [4.78, 5) is 17.3. The number of carbonyl (C=O) groups is 1. The lowest BCUT2D eigenvalue weighted by atomic mass is 9.95. The summed E-state index contributed by atoms with van der Waals surface area (Å²) in [5.41, 5.74) is 0.668. The van der Waals surface area contributed by atoms with Gasteiger partial charge < -0.3 is 19.6 Å². The Morgan fingerprint density at radius 2 is 1.96 bits per heavy atom. The SMILES string of the molecule is CCOc1cccc(C(=O)N2C[C@@H](CN3CCCCC3)[C@@H](CO)C2)c1. The highest BCUT2D eigenvalue weighted by atomic mass is 16.5. The van der Waals surface area contributed by atoms with Crippen molar-refractivity contribution in [1.82, 2.24) is 9.80 Å². The molecule has 1 aromatic carbocycles. The molecule has 0 bridgehead atoms. The van der Waals surface area contributed by atoms with Crippen molar-refractivity contribution in [2.24, 2.45) is 11.8 Å². The number of nitrogens with zero attached hydrogens (tertiary/aromatic N) is 2. The molecular formula is C20H30N2O3. The van der Waals surface area contributed by atoms with Crippen molar-refractivity contribution in [2.45, 2.75) is 26.2 Å². The molecule has 1 aromatic rings. The zero-order chi connectivity index (χ0) is 17.6. The predicted octanol–water partition coefficient (Wildman–Crippen LogP) is 2.25. The molecule has 2 heterocycles. The van der Waals surface area contributed by atoms with Gasteiger partial charge in [0, 0.05) is 37.7 Å². The molecule has 0 spiro atoms. The second-order valence-electron chi connectivity index (χ2n) is 7.23. The van der Waals surface area contributed by atoms with E-state index in [9.17, 15) is 9.90 Å². The van der Waals surface area contributed by atoms with Crippen molar-refractivity contribution < 1.29 is 14.6 Å². The van der Waals surface area contributed by atoms with Crippen molar-refractivity contribution >= 4 is 5.91 Å². The van der Waals surface area contributed by atoms with E-state index in [1.165, 1.54) is 19.3 Å². The van der Waals surface area contributed by atoms with Crippen LogP contribution in [-0.2, 0) is 0 Å². The number of hydrogen-bond donors (Lipinski definition) is 1. The topological polar surface area (TPSA) is 53.0 Å². The fourth-order valence-corrected chi connectivity index (χ4v) is 4.06. The molecule has 2 aliphatic heterocycles. The lowest BCUT2D eigenvalue weighted by molar-refractivity contribution is 0.0778. The average molecular weight is 346 g/mol. The Kier molecular flexibility index (Phi) is 6.32. The maximum Gasteiger partial charge on any atom is 0.254 e. The summed E-state index contributed by atoms with van der Waals surface area (Å²) in [7, 11) is 0. The van der Waals surface area contributed by atoms with Gasteiger partial charge in [-0.25, -0.2) is 0 Å². The third-order valence-corrected chi connectivity index (χ3v) is 5.43. The third-order valence-electron chi connectivity index (χ3n) is 5.43. The molecule has 1 N–H and O–H groups in total. The molecule has 0 aromatic heterocycles. The Labute approximate surface area is 150 Å². The van der Waals surface area contributed by atoms with Gasteiger partial charge in [-0.2, -0.15) is 0 Å². The number of benzene rings is 1. The first-order chi connectivity index (χ1) is 12.2. The molecule has 5 nitrogen and oxygen atoms in total. The maximum atomic E-state index is 12.9. The van der Waals surface area contributed by atoms with E-state index in [1.807, 2.05) is 36.1 Å². The number of rotatable bonds is 6. The summed E-state index contributed by atoms with van der Waals surface area (Å²) in [5, 5.41) is 9.77. The summed E-state index contributed by atoms with van der Waals surface area (Å²) in [5.74, 6) is 1.32. The van der Waals surface area contributed by atoms with Gasteiger partial charge in [-0.1, -0.05) is 12.5 Å². The maximum absolute atomic E-state index is 12.9. The van der Waals surface area contributed by atoms with Crippen LogP contribution in [0.5, 0.6) is 5.75 Å². The van der Waals surface area contributed by atoms with Crippen LogP contribution in [0, 0.1) is 11.8 Å². The van der Waals surface area contributed by atoms with Gasteiger partial charge in [-0.15, -0.1) is 0 Å². The van der Waals surface area contributed by atoms with Crippen LogP contribution < -0.4 is 4.74 Å².